The molecule has 1 aromatic rings. The quantitative estimate of drug-likeness (QED) is 0.601. The molecule has 0 bridgehead atoms. The van der Waals surface area contributed by atoms with Gasteiger partial charge in [0.2, 0.25) is 11.8 Å². The van der Waals surface area contributed by atoms with Gasteiger partial charge in [0.15, 0.2) is 0 Å². The number of cyclic esters (lactones) is 1. The van der Waals surface area contributed by atoms with Crippen molar-refractivity contribution >= 4 is 29.4 Å². The molecule has 7 heteroatoms. The van der Waals surface area contributed by atoms with Crippen molar-refractivity contribution in [3.63, 3.8) is 0 Å². The van der Waals surface area contributed by atoms with Crippen molar-refractivity contribution < 1.29 is 19.1 Å². The fourth-order valence-electron chi connectivity index (χ4n) is 3.72. The van der Waals surface area contributed by atoms with Gasteiger partial charge in [-0.15, -0.1) is 0 Å². The van der Waals surface area contributed by atoms with Crippen LogP contribution in [-0.4, -0.2) is 41.9 Å². The zero-order valence-corrected chi connectivity index (χ0v) is 17.2. The van der Waals surface area contributed by atoms with Gasteiger partial charge >= 0.3 is 5.97 Å². The van der Waals surface area contributed by atoms with Gasteiger partial charge in [0.25, 0.3) is 0 Å². The van der Waals surface area contributed by atoms with E-state index in [0.717, 1.165) is 24.9 Å². The maximum absolute atomic E-state index is 12.6. The lowest BCUT2D eigenvalue weighted by Gasteiger charge is -2.25. The van der Waals surface area contributed by atoms with Crippen molar-refractivity contribution in [2.24, 2.45) is 5.92 Å². The molecule has 2 amide bonds. The number of fused-ring (bicyclic) bond motifs is 1. The molecule has 1 N–H and O–H groups in total. The number of allylic oxidation sites excluding steroid dienone is 2. The minimum absolute atomic E-state index is 0.0470. The van der Waals surface area contributed by atoms with Gasteiger partial charge in [0.1, 0.15) is 6.61 Å². The van der Waals surface area contributed by atoms with Crippen LogP contribution < -0.4 is 5.32 Å². The van der Waals surface area contributed by atoms with Crippen LogP contribution in [-0.2, 0) is 25.7 Å². The number of benzene rings is 1. The Kier molecular flexibility index (Phi) is 7.69. The molecule has 1 saturated heterocycles. The van der Waals surface area contributed by atoms with Crippen molar-refractivity contribution in [3.8, 4) is 0 Å². The first kappa shape index (κ1) is 21.4. The first-order chi connectivity index (χ1) is 14.0. The third-order valence-corrected chi connectivity index (χ3v) is 5.65. The van der Waals surface area contributed by atoms with E-state index < -0.39 is 5.92 Å². The smallest absolute Gasteiger partial charge is 0.309 e. The van der Waals surface area contributed by atoms with Gasteiger partial charge in [-0.2, -0.15) is 0 Å². The van der Waals surface area contributed by atoms with Crippen LogP contribution >= 0.6 is 11.6 Å². The second-order valence-corrected chi connectivity index (χ2v) is 8.00. The Morgan fingerprint density at radius 2 is 2.00 bits per heavy atom. The predicted molar refractivity (Wildman–Crippen MR) is 110 cm³/mol. The van der Waals surface area contributed by atoms with Crippen LogP contribution in [0.25, 0.3) is 0 Å². The Morgan fingerprint density at radius 3 is 2.79 bits per heavy atom. The van der Waals surface area contributed by atoms with E-state index in [1.807, 2.05) is 29.2 Å². The van der Waals surface area contributed by atoms with Crippen molar-refractivity contribution in [3.05, 3.63) is 47.0 Å². The normalized spacial score (nSPS) is 24.1. The summed E-state index contributed by atoms with van der Waals surface area (Å²) in [6.07, 6.45) is 7.17. The summed E-state index contributed by atoms with van der Waals surface area (Å²) >= 11 is 5.87. The van der Waals surface area contributed by atoms with Crippen LogP contribution in [0.2, 0.25) is 5.02 Å². The van der Waals surface area contributed by atoms with Gasteiger partial charge in [-0.3, -0.25) is 14.4 Å². The monoisotopic (exact) mass is 418 g/mol. The molecule has 1 aromatic carbocycles. The molecule has 1 fully saturated rings. The number of rotatable bonds is 4. The van der Waals surface area contributed by atoms with Crippen LogP contribution in [0, 0.1) is 5.92 Å². The molecule has 29 heavy (non-hydrogen) atoms. The molecule has 2 aliphatic heterocycles. The fourth-order valence-corrected chi connectivity index (χ4v) is 3.85. The molecular formula is C22H27ClN2O4. The second-order valence-electron chi connectivity index (χ2n) is 7.56. The largest absolute Gasteiger partial charge is 0.463 e. The average Bonchev–Trinajstić information content (AvgIpc) is 3.18. The fraction of sp³-hybridized carbons (Fsp3) is 0.500. The van der Waals surface area contributed by atoms with Crippen LogP contribution in [0.1, 0.15) is 44.1 Å². The topological polar surface area (TPSA) is 75.7 Å². The standard InChI is InChI=1S/C22H27ClN2O4/c23-18-10-8-16(9-11-18)14-24-20(26)13-17-5-2-1-3-7-21(27)25-12-4-6-19(25)15-29-22(17)28/h1-2,8-11,17,19H,3-7,12-15H2,(H,24,26)/b2-1-/t17-,19+/m0/s1. The number of carbonyl (C=O) groups is 3. The SMILES string of the molecule is O=C(C[C@@H]1C/C=C\CCC(=O)N2CCC[C@@H]2COC1=O)NCc1ccc(Cl)cc1. The summed E-state index contributed by atoms with van der Waals surface area (Å²) < 4.78 is 5.51. The van der Waals surface area contributed by atoms with Crippen molar-refractivity contribution in [2.75, 3.05) is 13.2 Å². The lowest BCUT2D eigenvalue weighted by atomic mass is 10.00. The summed E-state index contributed by atoms with van der Waals surface area (Å²) in [5.41, 5.74) is 0.940. The molecule has 156 valence electrons. The molecule has 3 rings (SSSR count). The Balaban J connectivity index is 1.57. The van der Waals surface area contributed by atoms with Gasteiger partial charge in [0.05, 0.1) is 12.0 Å². The molecule has 2 atom stereocenters. The summed E-state index contributed by atoms with van der Waals surface area (Å²) in [4.78, 5) is 39.1. The number of nitrogens with one attached hydrogen (secondary N) is 1. The van der Waals surface area contributed by atoms with E-state index in [9.17, 15) is 14.4 Å². The zero-order valence-electron chi connectivity index (χ0n) is 16.4. The molecule has 0 radical (unpaired) electrons. The Hall–Kier alpha value is -2.34. The highest BCUT2D eigenvalue weighted by molar-refractivity contribution is 6.30. The molecule has 0 aromatic heterocycles. The third-order valence-electron chi connectivity index (χ3n) is 5.40. The van der Waals surface area contributed by atoms with E-state index in [4.69, 9.17) is 16.3 Å². The highest BCUT2D eigenvalue weighted by Gasteiger charge is 2.31. The number of hydrogen-bond acceptors (Lipinski definition) is 4. The third kappa shape index (κ3) is 6.32. The summed E-state index contributed by atoms with van der Waals surface area (Å²) in [7, 11) is 0. The number of nitrogens with zero attached hydrogens (tertiary/aromatic N) is 1. The summed E-state index contributed by atoms with van der Waals surface area (Å²) in [6.45, 7) is 1.31. The molecule has 0 unspecified atom stereocenters. The lowest BCUT2D eigenvalue weighted by molar-refractivity contribution is -0.153. The molecular weight excluding hydrogens is 392 g/mol. The van der Waals surface area contributed by atoms with Crippen molar-refractivity contribution in [2.45, 2.75) is 51.1 Å². The number of carbonyl (C=O) groups excluding carboxylic acids is 3. The van der Waals surface area contributed by atoms with Gasteiger partial charge < -0.3 is 15.0 Å². The second kappa shape index (κ2) is 10.4. The Morgan fingerprint density at radius 1 is 1.21 bits per heavy atom. The van der Waals surface area contributed by atoms with E-state index in [1.165, 1.54) is 0 Å². The predicted octanol–water partition coefficient (Wildman–Crippen LogP) is 3.24. The maximum atomic E-state index is 12.6. The maximum Gasteiger partial charge on any atom is 0.309 e. The van der Waals surface area contributed by atoms with E-state index in [2.05, 4.69) is 5.32 Å². The first-order valence-corrected chi connectivity index (χ1v) is 10.5. The minimum Gasteiger partial charge on any atom is -0.463 e. The summed E-state index contributed by atoms with van der Waals surface area (Å²) in [5, 5.41) is 3.49. The Bertz CT molecular complexity index is 763. The van der Waals surface area contributed by atoms with Crippen molar-refractivity contribution in [1.82, 2.24) is 10.2 Å². The highest BCUT2D eigenvalue weighted by atomic mass is 35.5. The lowest BCUT2D eigenvalue weighted by Crippen LogP contribution is -2.39. The summed E-state index contributed by atoms with van der Waals surface area (Å²) in [5.74, 6) is -0.982. The molecule has 0 spiro atoms. The zero-order chi connectivity index (χ0) is 20.6. The van der Waals surface area contributed by atoms with Gasteiger partial charge in [-0.1, -0.05) is 35.9 Å². The first-order valence-electron chi connectivity index (χ1n) is 10.1. The van der Waals surface area contributed by atoms with Crippen LogP contribution in [0.3, 0.4) is 0 Å². The van der Waals surface area contributed by atoms with E-state index >= 15 is 0 Å². The Labute approximate surface area is 176 Å². The number of esters is 1. The molecule has 2 heterocycles. The molecule has 6 nitrogen and oxygen atoms in total. The van der Waals surface area contributed by atoms with E-state index in [0.29, 0.717) is 30.8 Å². The van der Waals surface area contributed by atoms with Crippen LogP contribution in [0.4, 0.5) is 0 Å². The van der Waals surface area contributed by atoms with Gasteiger partial charge in [-0.25, -0.2) is 0 Å². The van der Waals surface area contributed by atoms with E-state index in [1.54, 1.807) is 12.1 Å². The number of ether oxygens (including phenoxy) is 1. The average molecular weight is 419 g/mol. The molecule has 2 aliphatic rings. The minimum atomic E-state index is -0.526. The molecule has 0 saturated carbocycles. The highest BCUT2D eigenvalue weighted by Crippen LogP contribution is 2.21. The van der Waals surface area contributed by atoms with Crippen molar-refractivity contribution in [1.29, 1.82) is 0 Å². The van der Waals surface area contributed by atoms with E-state index in [-0.39, 0.29) is 36.9 Å². The van der Waals surface area contributed by atoms with Crippen LogP contribution in [0.5, 0.6) is 0 Å². The number of halogens is 1. The van der Waals surface area contributed by atoms with Gasteiger partial charge in [0, 0.05) is 31.0 Å². The summed E-state index contributed by atoms with van der Waals surface area (Å²) in [6, 6.07) is 7.20. The van der Waals surface area contributed by atoms with Crippen LogP contribution in [0.15, 0.2) is 36.4 Å². The van der Waals surface area contributed by atoms with Gasteiger partial charge in [-0.05, 0) is 43.4 Å². The number of hydrogen-bond donors (Lipinski definition) is 1. The number of amides is 2. The molecule has 0 aliphatic carbocycles.